The molecule has 0 saturated carbocycles. The maximum absolute atomic E-state index is 8.51. The summed E-state index contributed by atoms with van der Waals surface area (Å²) >= 11 is 0. The summed E-state index contributed by atoms with van der Waals surface area (Å²) in [6.07, 6.45) is 8.26. The number of aryl methyl sites for hydroxylation is 1. The van der Waals surface area contributed by atoms with E-state index >= 15 is 0 Å². The van der Waals surface area contributed by atoms with Crippen LogP contribution in [0.4, 0.5) is 0 Å². The van der Waals surface area contributed by atoms with E-state index in [1.807, 2.05) is 48.7 Å². The van der Waals surface area contributed by atoms with E-state index in [0.29, 0.717) is 5.70 Å². The summed E-state index contributed by atoms with van der Waals surface area (Å²) in [5.74, 6) is 0. The second kappa shape index (κ2) is 9.65. The smallest absolute Gasteiger partial charge is 0.181 e. The molecule has 4 nitrogen and oxygen atoms in total. The lowest BCUT2D eigenvalue weighted by Gasteiger charge is -2.05. The Morgan fingerprint density at radius 1 is 1.08 bits per heavy atom. The van der Waals surface area contributed by atoms with Crippen LogP contribution in [0.1, 0.15) is 29.2 Å². The maximum atomic E-state index is 8.51. The van der Waals surface area contributed by atoms with Crippen molar-refractivity contribution in [1.82, 2.24) is 10.7 Å². The average molecular weight is 342 g/mol. The van der Waals surface area contributed by atoms with E-state index in [-0.39, 0.29) is 0 Å². The molecule has 2 aromatic carbocycles. The van der Waals surface area contributed by atoms with Crippen molar-refractivity contribution >= 4 is 18.0 Å². The number of hydrazone groups is 1. The normalized spacial score (nSPS) is 10.6. The molecule has 2 N–H and O–H groups in total. The minimum Gasteiger partial charge on any atom is -0.293 e. The van der Waals surface area contributed by atoms with Crippen LogP contribution in [0.2, 0.25) is 0 Å². The Balaban J connectivity index is 1.91. The predicted octanol–water partition coefficient (Wildman–Crippen LogP) is 4.44. The number of hydrogen-bond donors (Lipinski definition) is 2. The maximum Gasteiger partial charge on any atom is 0.181 e. The van der Waals surface area contributed by atoms with Gasteiger partial charge in [-0.1, -0.05) is 74.7 Å². The zero-order chi connectivity index (χ0) is 18.8. The molecule has 0 saturated heterocycles. The molecule has 0 heterocycles. The van der Waals surface area contributed by atoms with Crippen LogP contribution in [0, 0.1) is 11.5 Å². The molecule has 0 unspecified atom stereocenters. The lowest BCUT2D eigenvalue weighted by molar-refractivity contribution is 1.00. The van der Waals surface area contributed by atoms with Gasteiger partial charge in [-0.15, -0.1) is 0 Å². The third kappa shape index (κ3) is 5.81. The number of benzene rings is 2. The minimum atomic E-state index is 0.545. The van der Waals surface area contributed by atoms with Crippen molar-refractivity contribution in [2.75, 3.05) is 0 Å². The van der Waals surface area contributed by atoms with Crippen molar-refractivity contribution in [3.05, 3.63) is 95.7 Å². The van der Waals surface area contributed by atoms with Gasteiger partial charge in [0.15, 0.2) is 6.19 Å². The molecule has 0 aliphatic heterocycles. The highest BCUT2D eigenvalue weighted by atomic mass is 15.3. The molecule has 4 heteroatoms. The first-order valence-corrected chi connectivity index (χ1v) is 8.32. The van der Waals surface area contributed by atoms with Crippen molar-refractivity contribution in [2.45, 2.75) is 13.3 Å². The summed E-state index contributed by atoms with van der Waals surface area (Å²) < 4.78 is 0. The first kappa shape index (κ1) is 18.8. The Morgan fingerprint density at radius 2 is 1.73 bits per heavy atom. The fourth-order valence-electron chi connectivity index (χ4n) is 2.19. The van der Waals surface area contributed by atoms with Gasteiger partial charge in [0.05, 0.1) is 11.9 Å². The summed E-state index contributed by atoms with van der Waals surface area (Å²) in [7, 11) is 0. The van der Waals surface area contributed by atoms with Crippen molar-refractivity contribution in [3.63, 3.8) is 0 Å². The second-order valence-electron chi connectivity index (χ2n) is 5.66. The van der Waals surface area contributed by atoms with Crippen molar-refractivity contribution < 1.29 is 0 Å². The summed E-state index contributed by atoms with van der Waals surface area (Å²) in [5.41, 5.74) is 8.52. The van der Waals surface area contributed by atoms with Crippen molar-refractivity contribution in [3.8, 4) is 6.19 Å². The number of allylic oxidation sites excluding steroid dienone is 1. The van der Waals surface area contributed by atoms with Gasteiger partial charge in [-0.25, -0.2) is 0 Å². The van der Waals surface area contributed by atoms with Crippen LogP contribution >= 0.6 is 0 Å². The summed E-state index contributed by atoms with van der Waals surface area (Å²) in [6, 6.07) is 16.1. The van der Waals surface area contributed by atoms with Gasteiger partial charge in [0.25, 0.3) is 0 Å². The topological polar surface area (TPSA) is 60.2 Å². The zero-order valence-corrected chi connectivity index (χ0v) is 14.9. The lowest BCUT2D eigenvalue weighted by atomic mass is 10.1. The van der Waals surface area contributed by atoms with Crippen LogP contribution in [0.5, 0.6) is 0 Å². The largest absolute Gasteiger partial charge is 0.293 e. The third-order valence-electron chi connectivity index (χ3n) is 3.75. The van der Waals surface area contributed by atoms with Crippen LogP contribution in [0.25, 0.3) is 11.8 Å². The molecule has 26 heavy (non-hydrogen) atoms. The van der Waals surface area contributed by atoms with E-state index in [4.69, 9.17) is 5.26 Å². The van der Waals surface area contributed by atoms with E-state index in [1.54, 1.807) is 12.3 Å². The second-order valence-corrected chi connectivity index (χ2v) is 5.66. The van der Waals surface area contributed by atoms with Gasteiger partial charge in [0.1, 0.15) is 0 Å². The molecular formula is C22H22N4. The molecule has 0 spiro atoms. The SMILES string of the molecule is C=C(/C=C/c1ccc(C(=C)N/N=C/c2ccc(CC)cc2)cc1)NC#N. The number of nitrogens with one attached hydrogen (secondary N) is 2. The first-order valence-electron chi connectivity index (χ1n) is 8.32. The molecule has 130 valence electrons. The highest BCUT2D eigenvalue weighted by Crippen LogP contribution is 2.12. The average Bonchev–Trinajstić information content (AvgIpc) is 2.67. The zero-order valence-electron chi connectivity index (χ0n) is 14.9. The first-order chi connectivity index (χ1) is 12.6. The summed E-state index contributed by atoms with van der Waals surface area (Å²) in [6.45, 7) is 9.86. The monoisotopic (exact) mass is 342 g/mol. The van der Waals surface area contributed by atoms with Gasteiger partial charge in [-0.05, 0) is 34.8 Å². The summed E-state index contributed by atoms with van der Waals surface area (Å²) in [4.78, 5) is 0. The lowest BCUT2D eigenvalue weighted by Crippen LogP contribution is -2.03. The number of nitriles is 1. The molecule has 0 bridgehead atoms. The molecule has 0 aliphatic rings. The van der Waals surface area contributed by atoms with Crippen molar-refractivity contribution in [2.24, 2.45) is 5.10 Å². The van der Waals surface area contributed by atoms with Gasteiger partial charge in [0, 0.05) is 5.70 Å². The fourth-order valence-corrected chi connectivity index (χ4v) is 2.19. The highest BCUT2D eigenvalue weighted by Gasteiger charge is 1.97. The Kier molecular flexibility index (Phi) is 6.96. The Labute approximate surface area is 154 Å². The molecule has 0 radical (unpaired) electrons. The number of rotatable bonds is 8. The van der Waals surface area contributed by atoms with Gasteiger partial charge in [0.2, 0.25) is 0 Å². The fraction of sp³-hybridized carbons (Fsp3) is 0.0909. The van der Waals surface area contributed by atoms with Crippen LogP contribution < -0.4 is 10.7 Å². The van der Waals surface area contributed by atoms with Crippen LogP contribution in [-0.4, -0.2) is 6.21 Å². The van der Waals surface area contributed by atoms with Gasteiger partial charge in [-0.2, -0.15) is 10.4 Å². The van der Waals surface area contributed by atoms with E-state index < -0.39 is 0 Å². The van der Waals surface area contributed by atoms with Gasteiger partial charge >= 0.3 is 0 Å². The van der Waals surface area contributed by atoms with Gasteiger partial charge in [-0.3, -0.25) is 10.7 Å². The van der Waals surface area contributed by atoms with Crippen molar-refractivity contribution in [1.29, 1.82) is 5.26 Å². The van der Waals surface area contributed by atoms with Crippen LogP contribution in [0.15, 0.2) is 78.6 Å². The van der Waals surface area contributed by atoms with E-state index in [0.717, 1.165) is 28.8 Å². The Morgan fingerprint density at radius 3 is 2.35 bits per heavy atom. The Bertz CT molecular complexity index is 851. The van der Waals surface area contributed by atoms with E-state index in [9.17, 15) is 0 Å². The van der Waals surface area contributed by atoms with Crippen LogP contribution in [-0.2, 0) is 6.42 Å². The third-order valence-corrected chi connectivity index (χ3v) is 3.75. The minimum absolute atomic E-state index is 0.545. The number of hydrogen-bond acceptors (Lipinski definition) is 4. The molecule has 2 aromatic rings. The van der Waals surface area contributed by atoms with Crippen LogP contribution in [0.3, 0.4) is 0 Å². The number of nitrogens with zero attached hydrogens (tertiary/aromatic N) is 2. The molecule has 0 aliphatic carbocycles. The molecular weight excluding hydrogens is 320 g/mol. The van der Waals surface area contributed by atoms with E-state index in [1.165, 1.54) is 5.56 Å². The van der Waals surface area contributed by atoms with Gasteiger partial charge < -0.3 is 0 Å². The molecule has 0 atom stereocenters. The molecule has 2 rings (SSSR count). The Hall–Kier alpha value is -3.58. The quantitative estimate of drug-likeness (QED) is 0.245. The molecule has 0 aromatic heterocycles. The predicted molar refractivity (Wildman–Crippen MR) is 109 cm³/mol. The highest BCUT2D eigenvalue weighted by molar-refractivity contribution is 5.80. The molecule has 0 fully saturated rings. The van der Waals surface area contributed by atoms with E-state index in [2.05, 4.69) is 48.1 Å². The standard InChI is InChI=1S/C22H22N4/c1-4-19-7-9-21(10-8-19)15-25-26-18(3)22-13-11-20(12-14-22)6-5-17(2)24-16-23/h5-15,24,26H,2-4H2,1H3/b6-5+,25-15+. The molecule has 0 amide bonds. The summed E-state index contributed by atoms with van der Waals surface area (Å²) in [5, 5.41) is 15.2.